The van der Waals surface area contributed by atoms with Gasteiger partial charge >= 0.3 is 5.97 Å². The molecule has 1 aromatic rings. The number of piperidine rings is 1. The van der Waals surface area contributed by atoms with Crippen molar-refractivity contribution in [3.05, 3.63) is 34.9 Å². The summed E-state index contributed by atoms with van der Waals surface area (Å²) >= 11 is 0. The summed E-state index contributed by atoms with van der Waals surface area (Å²) in [6, 6.07) is 7.31. The maximum atomic E-state index is 11.5. The number of carbonyl (C=O) groups is 1. The smallest absolute Gasteiger partial charge is 0.321 e. The van der Waals surface area contributed by atoms with E-state index in [1.54, 1.807) is 6.07 Å². The van der Waals surface area contributed by atoms with Gasteiger partial charge in [0.2, 0.25) is 0 Å². The molecule has 4 nitrogen and oxygen atoms in total. The van der Waals surface area contributed by atoms with Gasteiger partial charge in [-0.1, -0.05) is 13.0 Å². The van der Waals surface area contributed by atoms with E-state index in [4.69, 9.17) is 5.26 Å². The quantitative estimate of drug-likeness (QED) is 0.918. The minimum Gasteiger partial charge on any atom is -0.480 e. The van der Waals surface area contributed by atoms with Gasteiger partial charge in [-0.3, -0.25) is 9.69 Å². The number of aliphatic carboxylic acids is 1. The summed E-state index contributed by atoms with van der Waals surface area (Å²) in [5, 5.41) is 18.3. The number of hydrogen-bond acceptors (Lipinski definition) is 3. The van der Waals surface area contributed by atoms with Gasteiger partial charge in [0.1, 0.15) is 6.04 Å². The first-order chi connectivity index (χ1) is 9.52. The van der Waals surface area contributed by atoms with Crippen LogP contribution in [0.3, 0.4) is 0 Å². The zero-order valence-electron chi connectivity index (χ0n) is 12.0. The van der Waals surface area contributed by atoms with Gasteiger partial charge in [-0.05, 0) is 55.5 Å². The molecule has 0 bridgehead atoms. The van der Waals surface area contributed by atoms with Crippen LogP contribution in [0, 0.1) is 24.2 Å². The van der Waals surface area contributed by atoms with Crippen LogP contribution in [-0.4, -0.2) is 28.6 Å². The summed E-state index contributed by atoms with van der Waals surface area (Å²) in [6.07, 6.45) is 2.01. The lowest BCUT2D eigenvalue weighted by molar-refractivity contribution is -0.147. The first-order valence-corrected chi connectivity index (χ1v) is 6.99. The third kappa shape index (κ3) is 3.00. The highest BCUT2D eigenvalue weighted by Crippen LogP contribution is 2.26. The Kier molecular flexibility index (Phi) is 4.41. The fraction of sp³-hybridized carbons (Fsp3) is 0.500. The second-order valence-corrected chi connectivity index (χ2v) is 5.63. The summed E-state index contributed by atoms with van der Waals surface area (Å²) in [5.41, 5.74) is 2.80. The first-order valence-electron chi connectivity index (χ1n) is 6.99. The molecule has 1 aromatic carbocycles. The Labute approximate surface area is 119 Å². The molecule has 20 heavy (non-hydrogen) atoms. The average Bonchev–Trinajstić information content (AvgIpc) is 2.40. The summed E-state index contributed by atoms with van der Waals surface area (Å²) < 4.78 is 0. The highest BCUT2D eigenvalue weighted by molar-refractivity contribution is 5.74. The van der Waals surface area contributed by atoms with E-state index in [-0.39, 0.29) is 5.92 Å². The Morgan fingerprint density at radius 1 is 1.55 bits per heavy atom. The molecular formula is C16H20N2O2. The third-order valence-corrected chi connectivity index (χ3v) is 4.14. The van der Waals surface area contributed by atoms with E-state index >= 15 is 0 Å². The van der Waals surface area contributed by atoms with Crippen molar-refractivity contribution in [2.24, 2.45) is 5.92 Å². The predicted octanol–water partition coefficient (Wildman–Crippen LogP) is 2.55. The number of hydrogen-bond donors (Lipinski definition) is 1. The Morgan fingerprint density at radius 2 is 2.30 bits per heavy atom. The Balaban J connectivity index is 2.19. The highest BCUT2D eigenvalue weighted by Gasteiger charge is 2.34. The molecule has 0 aromatic heterocycles. The van der Waals surface area contributed by atoms with Crippen molar-refractivity contribution in [2.45, 2.75) is 39.3 Å². The van der Waals surface area contributed by atoms with E-state index < -0.39 is 12.0 Å². The van der Waals surface area contributed by atoms with Gasteiger partial charge in [0.25, 0.3) is 0 Å². The molecule has 0 aliphatic carbocycles. The van der Waals surface area contributed by atoms with E-state index in [0.29, 0.717) is 12.1 Å². The number of carboxylic acid groups (broad SMARTS) is 1. The van der Waals surface area contributed by atoms with Crippen LogP contribution >= 0.6 is 0 Å². The molecule has 2 unspecified atom stereocenters. The number of benzene rings is 1. The van der Waals surface area contributed by atoms with E-state index in [9.17, 15) is 9.90 Å². The maximum absolute atomic E-state index is 11.5. The molecule has 2 atom stereocenters. The first kappa shape index (κ1) is 14.5. The van der Waals surface area contributed by atoms with Crippen LogP contribution in [0.15, 0.2) is 18.2 Å². The Hall–Kier alpha value is -1.86. The molecule has 2 rings (SSSR count). The number of rotatable bonds is 3. The fourth-order valence-corrected chi connectivity index (χ4v) is 3.01. The third-order valence-electron chi connectivity index (χ3n) is 4.14. The zero-order chi connectivity index (χ0) is 14.7. The molecule has 1 heterocycles. The summed E-state index contributed by atoms with van der Waals surface area (Å²) in [5.74, 6) is -0.552. The number of aryl methyl sites for hydroxylation is 1. The van der Waals surface area contributed by atoms with Gasteiger partial charge in [0, 0.05) is 6.54 Å². The summed E-state index contributed by atoms with van der Waals surface area (Å²) in [7, 11) is 0. The molecule has 1 saturated heterocycles. The lowest BCUT2D eigenvalue weighted by Gasteiger charge is -2.37. The van der Waals surface area contributed by atoms with Crippen LogP contribution in [0.4, 0.5) is 0 Å². The number of nitrogens with zero attached hydrogens (tertiary/aromatic N) is 2. The molecule has 4 heteroatoms. The summed E-state index contributed by atoms with van der Waals surface area (Å²) in [4.78, 5) is 13.5. The fourth-order valence-electron chi connectivity index (χ4n) is 3.01. The van der Waals surface area contributed by atoms with Crippen molar-refractivity contribution in [3.8, 4) is 6.07 Å². The molecule has 0 radical (unpaired) electrons. The minimum atomic E-state index is -0.733. The molecule has 1 aliphatic rings. The van der Waals surface area contributed by atoms with Crippen LogP contribution in [0.2, 0.25) is 0 Å². The summed E-state index contributed by atoms with van der Waals surface area (Å²) in [6.45, 7) is 5.44. The highest BCUT2D eigenvalue weighted by atomic mass is 16.4. The topological polar surface area (TPSA) is 64.3 Å². The minimum absolute atomic E-state index is 0.180. The number of likely N-dealkylation sites (tertiary alicyclic amines) is 1. The average molecular weight is 272 g/mol. The molecular weight excluding hydrogens is 252 g/mol. The zero-order valence-corrected chi connectivity index (χ0v) is 12.0. The predicted molar refractivity (Wildman–Crippen MR) is 76.1 cm³/mol. The maximum Gasteiger partial charge on any atom is 0.321 e. The van der Waals surface area contributed by atoms with Crippen LogP contribution < -0.4 is 0 Å². The molecule has 1 N–H and O–H groups in total. The standard InChI is InChI=1S/C16H20N2O2/c1-11-4-3-7-18(15(11)16(19)20)10-14-6-5-13(9-17)8-12(14)2/h5-6,8,11,15H,3-4,7,10H2,1-2H3,(H,19,20). The largest absolute Gasteiger partial charge is 0.480 e. The molecule has 0 amide bonds. The monoisotopic (exact) mass is 272 g/mol. The Bertz CT molecular complexity index is 548. The van der Waals surface area contributed by atoms with Gasteiger partial charge in [0.05, 0.1) is 11.6 Å². The van der Waals surface area contributed by atoms with Crippen LogP contribution in [0.1, 0.15) is 36.5 Å². The molecule has 106 valence electrons. The van der Waals surface area contributed by atoms with Crippen molar-refractivity contribution >= 4 is 5.97 Å². The molecule has 0 spiro atoms. The van der Waals surface area contributed by atoms with Crippen molar-refractivity contribution in [2.75, 3.05) is 6.54 Å². The van der Waals surface area contributed by atoms with Gasteiger partial charge in [-0.15, -0.1) is 0 Å². The van der Waals surface area contributed by atoms with Crippen LogP contribution in [-0.2, 0) is 11.3 Å². The van der Waals surface area contributed by atoms with E-state index in [1.807, 2.05) is 30.9 Å². The van der Waals surface area contributed by atoms with E-state index in [2.05, 4.69) is 6.07 Å². The van der Waals surface area contributed by atoms with Crippen molar-refractivity contribution in [1.82, 2.24) is 4.90 Å². The lowest BCUT2D eigenvalue weighted by atomic mass is 9.90. The van der Waals surface area contributed by atoms with Gasteiger partial charge in [-0.2, -0.15) is 5.26 Å². The molecule has 0 saturated carbocycles. The van der Waals surface area contributed by atoms with E-state index in [0.717, 1.165) is 30.5 Å². The lowest BCUT2D eigenvalue weighted by Crippen LogP contribution is -2.48. The van der Waals surface area contributed by atoms with Gasteiger partial charge < -0.3 is 5.11 Å². The Morgan fingerprint density at radius 3 is 2.90 bits per heavy atom. The number of nitriles is 1. The van der Waals surface area contributed by atoms with Gasteiger partial charge in [-0.25, -0.2) is 0 Å². The normalized spacial score (nSPS) is 23.2. The molecule has 1 aliphatic heterocycles. The second-order valence-electron chi connectivity index (χ2n) is 5.63. The van der Waals surface area contributed by atoms with Gasteiger partial charge in [0.15, 0.2) is 0 Å². The van der Waals surface area contributed by atoms with E-state index in [1.165, 1.54) is 0 Å². The number of carboxylic acids is 1. The van der Waals surface area contributed by atoms with Crippen molar-refractivity contribution < 1.29 is 9.90 Å². The van der Waals surface area contributed by atoms with Crippen molar-refractivity contribution in [3.63, 3.8) is 0 Å². The van der Waals surface area contributed by atoms with Crippen molar-refractivity contribution in [1.29, 1.82) is 5.26 Å². The molecule has 1 fully saturated rings. The van der Waals surface area contributed by atoms with Crippen LogP contribution in [0.5, 0.6) is 0 Å². The second kappa shape index (κ2) is 6.06. The SMILES string of the molecule is Cc1cc(C#N)ccc1CN1CCCC(C)C1C(=O)O. The van der Waals surface area contributed by atoms with Crippen LogP contribution in [0.25, 0.3) is 0 Å².